The topological polar surface area (TPSA) is 66.8 Å². The van der Waals surface area contributed by atoms with Crippen molar-refractivity contribution in [2.45, 2.75) is 65.6 Å². The lowest BCUT2D eigenvalue weighted by molar-refractivity contribution is 0.0368. The number of aromatic hydroxyl groups is 1. The minimum absolute atomic E-state index is 0.108. The molecule has 0 spiro atoms. The normalized spacial score (nSPS) is 26.0. The van der Waals surface area contributed by atoms with Gasteiger partial charge in [0.15, 0.2) is 0 Å². The molecule has 2 rings (SSSR count). The summed E-state index contributed by atoms with van der Waals surface area (Å²) in [6.07, 6.45) is 6.46. The molecule has 0 bridgehead atoms. The van der Waals surface area contributed by atoms with E-state index in [1.54, 1.807) is 12.1 Å². The van der Waals surface area contributed by atoms with Gasteiger partial charge in [-0.3, -0.25) is 0 Å². The number of aliphatic hydroxyl groups excluding tert-OH is 1. The number of rotatable bonds is 2. The SMILES string of the molecule is CC1=CC[C@@H](OC(=O)c2ccc(O)cc2)/C(C)=C\[C@H](O)C(C)(C)CCC1. The second-order valence-corrected chi connectivity index (χ2v) is 7.92. The molecule has 2 atom stereocenters. The molecule has 0 fully saturated rings. The first kappa shape index (κ1) is 20.2. The van der Waals surface area contributed by atoms with Crippen LogP contribution in [0.3, 0.4) is 0 Å². The van der Waals surface area contributed by atoms with E-state index < -0.39 is 18.2 Å². The molecular formula is C22H30O4. The minimum atomic E-state index is -0.587. The first-order valence-corrected chi connectivity index (χ1v) is 9.21. The number of esters is 1. The van der Waals surface area contributed by atoms with Crippen molar-refractivity contribution >= 4 is 5.97 Å². The highest BCUT2D eigenvalue weighted by atomic mass is 16.5. The number of ether oxygens (including phenoxy) is 1. The average molecular weight is 358 g/mol. The third kappa shape index (κ3) is 5.46. The number of benzene rings is 1. The lowest BCUT2D eigenvalue weighted by Crippen LogP contribution is -2.29. The molecule has 142 valence electrons. The van der Waals surface area contributed by atoms with Crippen molar-refractivity contribution in [1.82, 2.24) is 0 Å². The van der Waals surface area contributed by atoms with E-state index in [4.69, 9.17) is 4.74 Å². The second-order valence-electron chi connectivity index (χ2n) is 7.92. The summed E-state index contributed by atoms with van der Waals surface area (Å²) >= 11 is 0. The van der Waals surface area contributed by atoms with E-state index in [0.717, 1.165) is 24.8 Å². The largest absolute Gasteiger partial charge is 0.508 e. The molecule has 1 aliphatic rings. The molecule has 0 amide bonds. The summed E-state index contributed by atoms with van der Waals surface area (Å²) < 4.78 is 5.72. The third-order valence-corrected chi connectivity index (χ3v) is 5.15. The van der Waals surface area contributed by atoms with Crippen LogP contribution in [-0.2, 0) is 4.74 Å². The van der Waals surface area contributed by atoms with Crippen LogP contribution >= 0.6 is 0 Å². The van der Waals surface area contributed by atoms with Gasteiger partial charge in [0, 0.05) is 6.42 Å². The second kappa shape index (κ2) is 8.54. The zero-order valence-electron chi connectivity index (χ0n) is 16.2. The first-order chi connectivity index (χ1) is 12.2. The van der Waals surface area contributed by atoms with Crippen molar-refractivity contribution in [3.8, 4) is 5.75 Å². The molecule has 0 aromatic heterocycles. The number of allylic oxidation sites excluding steroid dienone is 1. The minimum Gasteiger partial charge on any atom is -0.508 e. The van der Waals surface area contributed by atoms with Gasteiger partial charge in [-0.05, 0) is 68.4 Å². The van der Waals surface area contributed by atoms with Gasteiger partial charge < -0.3 is 14.9 Å². The fourth-order valence-electron chi connectivity index (χ4n) is 3.08. The van der Waals surface area contributed by atoms with Gasteiger partial charge >= 0.3 is 5.97 Å². The Morgan fingerprint density at radius 2 is 1.85 bits per heavy atom. The number of phenols is 1. The Morgan fingerprint density at radius 3 is 2.50 bits per heavy atom. The molecule has 0 saturated heterocycles. The van der Waals surface area contributed by atoms with Gasteiger partial charge in [0.05, 0.1) is 11.7 Å². The van der Waals surface area contributed by atoms with Gasteiger partial charge in [0.2, 0.25) is 0 Å². The van der Waals surface area contributed by atoms with Crippen LogP contribution in [0.25, 0.3) is 0 Å². The Hall–Kier alpha value is -2.07. The van der Waals surface area contributed by atoms with E-state index in [1.165, 1.54) is 17.7 Å². The van der Waals surface area contributed by atoms with Crippen molar-refractivity contribution in [2.75, 3.05) is 0 Å². The summed E-state index contributed by atoms with van der Waals surface area (Å²) in [7, 11) is 0. The predicted molar refractivity (Wildman–Crippen MR) is 103 cm³/mol. The van der Waals surface area contributed by atoms with Gasteiger partial charge in [-0.25, -0.2) is 4.79 Å². The van der Waals surface area contributed by atoms with Crippen LogP contribution in [0.15, 0.2) is 47.6 Å². The number of aliphatic hydroxyl groups is 1. The highest BCUT2D eigenvalue weighted by Gasteiger charge is 2.28. The van der Waals surface area contributed by atoms with E-state index in [1.807, 2.05) is 13.0 Å². The fraction of sp³-hybridized carbons (Fsp3) is 0.500. The number of hydrogen-bond donors (Lipinski definition) is 2. The lowest BCUT2D eigenvalue weighted by Gasteiger charge is -2.29. The van der Waals surface area contributed by atoms with Crippen LogP contribution in [0, 0.1) is 5.41 Å². The molecule has 0 aliphatic heterocycles. The Balaban J connectivity index is 2.25. The number of carbonyl (C=O) groups excluding carboxylic acids is 1. The quantitative estimate of drug-likeness (QED) is 0.590. The van der Waals surface area contributed by atoms with E-state index in [2.05, 4.69) is 26.8 Å². The molecule has 0 heterocycles. The van der Waals surface area contributed by atoms with Crippen molar-refractivity contribution in [3.63, 3.8) is 0 Å². The van der Waals surface area contributed by atoms with Gasteiger partial charge in [-0.15, -0.1) is 0 Å². The van der Waals surface area contributed by atoms with Gasteiger partial charge in [0.1, 0.15) is 11.9 Å². The van der Waals surface area contributed by atoms with Crippen LogP contribution < -0.4 is 0 Å². The maximum atomic E-state index is 12.5. The van der Waals surface area contributed by atoms with Gasteiger partial charge in [-0.1, -0.05) is 31.6 Å². The van der Waals surface area contributed by atoms with Gasteiger partial charge in [-0.2, -0.15) is 0 Å². The van der Waals surface area contributed by atoms with Crippen LogP contribution in [0.4, 0.5) is 0 Å². The van der Waals surface area contributed by atoms with Crippen molar-refractivity contribution in [2.24, 2.45) is 5.41 Å². The summed E-state index contributed by atoms with van der Waals surface area (Å²) in [4.78, 5) is 12.5. The summed E-state index contributed by atoms with van der Waals surface area (Å²) in [6, 6.07) is 6.02. The highest BCUT2D eigenvalue weighted by Crippen LogP contribution is 2.31. The zero-order chi connectivity index (χ0) is 19.3. The molecule has 4 nitrogen and oxygen atoms in total. The smallest absolute Gasteiger partial charge is 0.338 e. The summed E-state index contributed by atoms with van der Waals surface area (Å²) in [5, 5.41) is 20.0. The first-order valence-electron chi connectivity index (χ1n) is 9.21. The lowest BCUT2D eigenvalue weighted by atomic mass is 9.80. The van der Waals surface area contributed by atoms with Crippen LogP contribution in [0.1, 0.15) is 63.7 Å². The number of phenolic OH excluding ortho intramolecular Hbond substituents is 1. The number of hydrogen-bond acceptors (Lipinski definition) is 4. The van der Waals surface area contributed by atoms with E-state index in [0.29, 0.717) is 12.0 Å². The molecule has 1 aromatic rings. The standard InChI is InChI=1S/C22H30O4/c1-15-6-5-13-22(3,4)20(24)14-16(2)19(12-7-15)26-21(25)17-8-10-18(23)11-9-17/h7-11,14,19-20,23-24H,5-6,12-13H2,1-4H3/b15-7?,16-14-/t19-,20+/m1/s1. The molecule has 4 heteroatoms. The third-order valence-electron chi connectivity index (χ3n) is 5.15. The molecule has 0 saturated carbocycles. The van der Waals surface area contributed by atoms with Crippen LogP contribution in [-0.4, -0.2) is 28.4 Å². The molecule has 26 heavy (non-hydrogen) atoms. The number of carbonyl (C=O) groups is 1. The maximum Gasteiger partial charge on any atom is 0.338 e. The monoisotopic (exact) mass is 358 g/mol. The predicted octanol–water partition coefficient (Wildman–Crippen LogP) is 4.77. The summed E-state index contributed by atoms with van der Waals surface area (Å²) in [5.74, 6) is -0.325. The van der Waals surface area contributed by atoms with Crippen molar-refractivity contribution in [1.29, 1.82) is 0 Å². The zero-order valence-corrected chi connectivity index (χ0v) is 16.2. The average Bonchev–Trinajstić information content (AvgIpc) is 2.59. The Morgan fingerprint density at radius 1 is 1.19 bits per heavy atom. The molecule has 2 N–H and O–H groups in total. The highest BCUT2D eigenvalue weighted by molar-refractivity contribution is 5.89. The summed E-state index contributed by atoms with van der Waals surface area (Å²) in [5.41, 5.74) is 2.29. The van der Waals surface area contributed by atoms with E-state index >= 15 is 0 Å². The molecule has 1 aromatic carbocycles. The molecule has 0 unspecified atom stereocenters. The molecular weight excluding hydrogens is 328 g/mol. The Kier molecular flexibility index (Phi) is 6.65. The Labute approximate surface area is 156 Å². The fourth-order valence-corrected chi connectivity index (χ4v) is 3.08. The van der Waals surface area contributed by atoms with E-state index in [-0.39, 0.29) is 11.2 Å². The van der Waals surface area contributed by atoms with Crippen LogP contribution in [0.5, 0.6) is 5.75 Å². The van der Waals surface area contributed by atoms with Gasteiger partial charge in [0.25, 0.3) is 0 Å². The Bertz CT molecular complexity index is 683. The molecule has 0 radical (unpaired) electrons. The van der Waals surface area contributed by atoms with E-state index in [9.17, 15) is 15.0 Å². The molecule has 1 aliphatic carbocycles. The summed E-state index contributed by atoms with van der Waals surface area (Å²) in [6.45, 7) is 8.13. The van der Waals surface area contributed by atoms with Crippen molar-refractivity contribution in [3.05, 3.63) is 53.1 Å². The van der Waals surface area contributed by atoms with Crippen molar-refractivity contribution < 1.29 is 19.7 Å². The maximum absolute atomic E-state index is 12.5. The van der Waals surface area contributed by atoms with Crippen LogP contribution in [0.2, 0.25) is 0 Å².